The van der Waals surface area contributed by atoms with Crippen LogP contribution in [-0.4, -0.2) is 5.11 Å². The highest BCUT2D eigenvalue weighted by atomic mass is 19.1. The third-order valence-electron chi connectivity index (χ3n) is 2.70. The molecule has 0 aromatic heterocycles. The van der Waals surface area contributed by atoms with Crippen molar-refractivity contribution >= 4 is 5.69 Å². The Morgan fingerprint density at radius 2 is 1.78 bits per heavy atom. The summed E-state index contributed by atoms with van der Waals surface area (Å²) in [6, 6.07) is 10.1. The molecule has 2 rings (SSSR count). The first-order valence-electron chi connectivity index (χ1n) is 5.57. The molecule has 1 unspecified atom stereocenters. The molecule has 0 aliphatic carbocycles. The van der Waals surface area contributed by atoms with E-state index in [0.717, 1.165) is 0 Å². The predicted octanol–water partition coefficient (Wildman–Crippen LogP) is 3.84. The minimum Gasteiger partial charge on any atom is -0.505 e. The molecule has 0 bridgehead atoms. The number of phenols is 1. The maximum atomic E-state index is 13.5. The Kier molecular flexibility index (Phi) is 3.46. The molecule has 2 aromatic carbocycles. The summed E-state index contributed by atoms with van der Waals surface area (Å²) in [6.45, 7) is 1.78. The van der Waals surface area contributed by atoms with Crippen LogP contribution in [0.1, 0.15) is 18.5 Å². The summed E-state index contributed by atoms with van der Waals surface area (Å²) in [5.74, 6) is -1.42. The fourth-order valence-corrected chi connectivity index (χ4v) is 1.75. The highest BCUT2D eigenvalue weighted by Crippen LogP contribution is 2.24. The van der Waals surface area contributed by atoms with Crippen molar-refractivity contribution in [2.24, 2.45) is 0 Å². The van der Waals surface area contributed by atoms with Crippen molar-refractivity contribution in [3.05, 3.63) is 59.7 Å². The molecule has 4 heteroatoms. The lowest BCUT2D eigenvalue weighted by Gasteiger charge is -2.16. The molecule has 2 aromatic rings. The summed E-state index contributed by atoms with van der Waals surface area (Å²) in [6.07, 6.45) is 0. The fraction of sp³-hybridized carbons (Fsp3) is 0.143. The second-order valence-electron chi connectivity index (χ2n) is 4.05. The van der Waals surface area contributed by atoms with Crippen LogP contribution in [0, 0.1) is 11.6 Å². The molecule has 0 radical (unpaired) electrons. The molecule has 94 valence electrons. The molecule has 1 atom stereocenters. The molecule has 0 saturated heterocycles. The van der Waals surface area contributed by atoms with Crippen molar-refractivity contribution in [2.45, 2.75) is 13.0 Å². The first-order valence-corrected chi connectivity index (χ1v) is 5.57. The van der Waals surface area contributed by atoms with Crippen molar-refractivity contribution in [3.8, 4) is 5.75 Å². The number of anilines is 1. The topological polar surface area (TPSA) is 32.3 Å². The van der Waals surface area contributed by atoms with Crippen molar-refractivity contribution in [1.29, 1.82) is 0 Å². The maximum absolute atomic E-state index is 13.5. The zero-order valence-corrected chi connectivity index (χ0v) is 9.82. The highest BCUT2D eigenvalue weighted by molar-refractivity contribution is 5.48. The van der Waals surface area contributed by atoms with Gasteiger partial charge in [-0.2, -0.15) is 0 Å². The number of rotatable bonds is 3. The maximum Gasteiger partial charge on any atom is 0.166 e. The number of nitrogens with one attached hydrogen (secondary N) is 1. The number of aromatic hydroxyl groups is 1. The molecular formula is C14H13F2NO. The van der Waals surface area contributed by atoms with Gasteiger partial charge in [0.25, 0.3) is 0 Å². The van der Waals surface area contributed by atoms with E-state index >= 15 is 0 Å². The third-order valence-corrected chi connectivity index (χ3v) is 2.70. The molecule has 0 aliphatic heterocycles. The second kappa shape index (κ2) is 5.04. The molecule has 2 N–H and O–H groups in total. The average molecular weight is 249 g/mol. The van der Waals surface area contributed by atoms with E-state index in [0.29, 0.717) is 11.3 Å². The Balaban J connectivity index is 2.19. The van der Waals surface area contributed by atoms with E-state index in [9.17, 15) is 8.78 Å². The van der Waals surface area contributed by atoms with Crippen molar-refractivity contribution in [3.63, 3.8) is 0 Å². The van der Waals surface area contributed by atoms with Gasteiger partial charge in [0.15, 0.2) is 11.6 Å². The normalized spacial score (nSPS) is 12.2. The number of halogens is 2. The summed E-state index contributed by atoms with van der Waals surface area (Å²) in [5.41, 5.74) is 0.993. The Morgan fingerprint density at radius 3 is 2.44 bits per heavy atom. The van der Waals surface area contributed by atoms with E-state index in [-0.39, 0.29) is 11.9 Å². The number of phenolic OH excluding ortho intramolecular Hbond substituents is 1. The summed E-state index contributed by atoms with van der Waals surface area (Å²) in [7, 11) is 0. The molecule has 0 saturated carbocycles. The van der Waals surface area contributed by atoms with Crippen molar-refractivity contribution in [2.75, 3.05) is 5.32 Å². The minimum absolute atomic E-state index is 0.296. The molecular weight excluding hydrogens is 236 g/mol. The van der Waals surface area contributed by atoms with Crippen LogP contribution in [0.25, 0.3) is 0 Å². The van der Waals surface area contributed by atoms with Gasteiger partial charge in [0.1, 0.15) is 5.82 Å². The van der Waals surface area contributed by atoms with E-state index < -0.39 is 11.6 Å². The van der Waals surface area contributed by atoms with Gasteiger partial charge in [-0.3, -0.25) is 0 Å². The zero-order valence-electron chi connectivity index (χ0n) is 9.82. The van der Waals surface area contributed by atoms with Gasteiger partial charge in [-0.1, -0.05) is 18.2 Å². The van der Waals surface area contributed by atoms with Gasteiger partial charge in [0.2, 0.25) is 0 Å². The Morgan fingerprint density at radius 1 is 1.06 bits per heavy atom. The number of hydrogen-bond donors (Lipinski definition) is 2. The molecule has 0 heterocycles. The smallest absolute Gasteiger partial charge is 0.166 e. The third kappa shape index (κ3) is 2.59. The summed E-state index contributed by atoms with van der Waals surface area (Å²) in [4.78, 5) is 0. The van der Waals surface area contributed by atoms with Gasteiger partial charge in [-0.15, -0.1) is 0 Å². The van der Waals surface area contributed by atoms with Crippen LogP contribution >= 0.6 is 0 Å². The van der Waals surface area contributed by atoms with E-state index in [4.69, 9.17) is 5.11 Å². The molecule has 0 aliphatic rings. The monoisotopic (exact) mass is 249 g/mol. The van der Waals surface area contributed by atoms with E-state index in [1.54, 1.807) is 25.1 Å². The molecule has 2 nitrogen and oxygen atoms in total. The van der Waals surface area contributed by atoms with Gasteiger partial charge in [0.05, 0.1) is 6.04 Å². The number of hydrogen-bond acceptors (Lipinski definition) is 2. The lowest BCUT2D eigenvalue weighted by Crippen LogP contribution is -2.08. The highest BCUT2D eigenvalue weighted by Gasteiger charge is 2.10. The van der Waals surface area contributed by atoms with Gasteiger partial charge in [0, 0.05) is 17.3 Å². The van der Waals surface area contributed by atoms with E-state index in [2.05, 4.69) is 5.32 Å². The Labute approximate surface area is 104 Å². The number of benzene rings is 2. The van der Waals surface area contributed by atoms with Crippen LogP contribution in [0.2, 0.25) is 0 Å². The van der Waals surface area contributed by atoms with Crippen LogP contribution in [0.3, 0.4) is 0 Å². The Hall–Kier alpha value is -2.10. The van der Waals surface area contributed by atoms with Gasteiger partial charge >= 0.3 is 0 Å². The molecule has 0 amide bonds. The van der Waals surface area contributed by atoms with Gasteiger partial charge in [-0.25, -0.2) is 8.78 Å². The molecule has 0 fully saturated rings. The summed E-state index contributed by atoms with van der Waals surface area (Å²) >= 11 is 0. The largest absolute Gasteiger partial charge is 0.505 e. The van der Waals surface area contributed by atoms with Crippen molar-refractivity contribution in [1.82, 2.24) is 0 Å². The van der Waals surface area contributed by atoms with Gasteiger partial charge in [-0.05, 0) is 25.1 Å². The standard InChI is InChI=1S/C14H13F2NO/c1-9(11-4-2-3-5-12(11)15)17-10-6-7-14(18)13(16)8-10/h2-9,17-18H,1H3. The molecule has 18 heavy (non-hydrogen) atoms. The quantitative estimate of drug-likeness (QED) is 0.810. The predicted molar refractivity (Wildman–Crippen MR) is 66.5 cm³/mol. The van der Waals surface area contributed by atoms with Gasteiger partial charge < -0.3 is 10.4 Å². The van der Waals surface area contributed by atoms with Crippen LogP contribution < -0.4 is 5.32 Å². The Bertz CT molecular complexity index is 557. The summed E-state index contributed by atoms with van der Waals surface area (Å²) in [5, 5.41) is 12.1. The first-order chi connectivity index (χ1) is 8.58. The van der Waals surface area contributed by atoms with Crippen LogP contribution in [0.5, 0.6) is 5.75 Å². The van der Waals surface area contributed by atoms with Crippen molar-refractivity contribution < 1.29 is 13.9 Å². The van der Waals surface area contributed by atoms with E-state index in [1.165, 1.54) is 24.3 Å². The second-order valence-corrected chi connectivity index (χ2v) is 4.05. The minimum atomic E-state index is -0.708. The summed E-state index contributed by atoms with van der Waals surface area (Å²) < 4.78 is 26.7. The van der Waals surface area contributed by atoms with E-state index in [1.807, 2.05) is 0 Å². The van der Waals surface area contributed by atoms with Crippen LogP contribution in [0.4, 0.5) is 14.5 Å². The molecule has 0 spiro atoms. The average Bonchev–Trinajstić information content (AvgIpc) is 2.34. The lowest BCUT2D eigenvalue weighted by atomic mass is 10.1. The fourth-order valence-electron chi connectivity index (χ4n) is 1.75. The SMILES string of the molecule is CC(Nc1ccc(O)c(F)c1)c1ccccc1F. The first kappa shape index (κ1) is 12.4. The lowest BCUT2D eigenvalue weighted by molar-refractivity contribution is 0.432. The van der Waals surface area contributed by atoms with Crippen LogP contribution in [-0.2, 0) is 0 Å². The van der Waals surface area contributed by atoms with Crippen LogP contribution in [0.15, 0.2) is 42.5 Å². The zero-order chi connectivity index (χ0) is 13.1.